The van der Waals surface area contributed by atoms with Crippen LogP contribution < -0.4 is 16.0 Å². The van der Waals surface area contributed by atoms with Crippen LogP contribution >= 0.6 is 24.0 Å². The molecule has 0 bridgehead atoms. The van der Waals surface area contributed by atoms with Crippen LogP contribution in [0.2, 0.25) is 0 Å². The number of aliphatic imine (C=N–C) groups is 1. The van der Waals surface area contributed by atoms with Gasteiger partial charge in [0.15, 0.2) is 5.96 Å². The SMILES string of the molecule is CCNC(=NCc1ccc(C(=O)NC(C)CC)cc1)NCCCn1c(C)nc2ccccc21.I. The Morgan fingerprint density at radius 1 is 1.09 bits per heavy atom. The number of carbonyl (C=O) groups is 1. The maximum Gasteiger partial charge on any atom is 0.251 e. The van der Waals surface area contributed by atoms with Crippen molar-refractivity contribution in [3.05, 3.63) is 65.5 Å². The lowest BCUT2D eigenvalue weighted by atomic mass is 10.1. The molecule has 2 aromatic carbocycles. The Balaban J connectivity index is 0.00000408. The van der Waals surface area contributed by atoms with Gasteiger partial charge < -0.3 is 20.5 Å². The first-order valence-electron chi connectivity index (χ1n) is 11.9. The van der Waals surface area contributed by atoms with Crippen LogP contribution in [-0.2, 0) is 13.1 Å². The number of fused-ring (bicyclic) bond motifs is 1. The van der Waals surface area contributed by atoms with Gasteiger partial charge in [0, 0.05) is 31.2 Å². The zero-order valence-electron chi connectivity index (χ0n) is 20.6. The molecule has 34 heavy (non-hydrogen) atoms. The van der Waals surface area contributed by atoms with Gasteiger partial charge in [-0.3, -0.25) is 4.79 Å². The minimum absolute atomic E-state index is 0. The van der Waals surface area contributed by atoms with E-state index in [-0.39, 0.29) is 35.9 Å². The van der Waals surface area contributed by atoms with Crippen LogP contribution in [0.3, 0.4) is 0 Å². The number of aryl methyl sites for hydroxylation is 2. The summed E-state index contributed by atoms with van der Waals surface area (Å²) in [6.07, 6.45) is 1.88. The second-order valence-electron chi connectivity index (χ2n) is 8.25. The van der Waals surface area contributed by atoms with Gasteiger partial charge in [-0.2, -0.15) is 0 Å². The van der Waals surface area contributed by atoms with Crippen molar-refractivity contribution in [1.82, 2.24) is 25.5 Å². The van der Waals surface area contributed by atoms with E-state index in [1.807, 2.05) is 37.3 Å². The van der Waals surface area contributed by atoms with Gasteiger partial charge in [0.2, 0.25) is 0 Å². The summed E-state index contributed by atoms with van der Waals surface area (Å²) >= 11 is 0. The standard InChI is InChI=1S/C26H36N6O.HI/c1-5-19(3)30-25(33)22-14-12-21(13-15-22)18-29-26(27-6-2)28-16-9-17-32-20(4)31-23-10-7-8-11-24(23)32;/h7-8,10-15,19H,5-6,9,16-18H2,1-4H3,(H,30,33)(H2,27,28,29);1H. The summed E-state index contributed by atoms with van der Waals surface area (Å²) in [6.45, 7) is 11.2. The third-order valence-electron chi connectivity index (χ3n) is 5.67. The first-order valence-corrected chi connectivity index (χ1v) is 11.9. The van der Waals surface area contributed by atoms with E-state index in [1.165, 1.54) is 5.52 Å². The molecule has 0 aliphatic heterocycles. The number of carbonyl (C=O) groups excluding carboxylic acids is 1. The van der Waals surface area contributed by atoms with Crippen LogP contribution in [0.15, 0.2) is 53.5 Å². The van der Waals surface area contributed by atoms with Gasteiger partial charge in [0.05, 0.1) is 17.6 Å². The highest BCUT2D eigenvalue weighted by molar-refractivity contribution is 14.0. The molecular weight excluding hydrogens is 539 g/mol. The van der Waals surface area contributed by atoms with E-state index in [1.54, 1.807) is 0 Å². The highest BCUT2D eigenvalue weighted by Gasteiger charge is 2.09. The third kappa shape index (κ3) is 7.72. The van der Waals surface area contributed by atoms with Crippen molar-refractivity contribution >= 4 is 46.9 Å². The van der Waals surface area contributed by atoms with Gasteiger partial charge in [0.25, 0.3) is 5.91 Å². The normalized spacial score (nSPS) is 12.2. The topological polar surface area (TPSA) is 83.3 Å². The Labute approximate surface area is 219 Å². The van der Waals surface area contributed by atoms with Crippen LogP contribution in [-0.4, -0.2) is 40.5 Å². The zero-order chi connectivity index (χ0) is 23.6. The van der Waals surface area contributed by atoms with Crippen molar-refractivity contribution in [2.75, 3.05) is 13.1 Å². The molecular formula is C26H37IN6O. The fraction of sp³-hybridized carbons (Fsp3) is 0.423. The zero-order valence-corrected chi connectivity index (χ0v) is 22.9. The molecule has 1 heterocycles. The molecule has 184 valence electrons. The minimum atomic E-state index is -0.0321. The van der Waals surface area contributed by atoms with Gasteiger partial charge in [0.1, 0.15) is 5.82 Å². The number of imidazole rings is 1. The molecule has 1 aromatic heterocycles. The summed E-state index contributed by atoms with van der Waals surface area (Å²) in [6, 6.07) is 16.1. The van der Waals surface area contributed by atoms with Gasteiger partial charge in [-0.15, -0.1) is 24.0 Å². The number of hydrogen-bond donors (Lipinski definition) is 3. The van der Waals surface area contributed by atoms with Crippen molar-refractivity contribution in [2.45, 2.75) is 59.7 Å². The molecule has 0 aliphatic rings. The molecule has 3 N–H and O–H groups in total. The van der Waals surface area contributed by atoms with Crippen LogP contribution in [0.4, 0.5) is 0 Å². The fourth-order valence-electron chi connectivity index (χ4n) is 3.60. The first-order chi connectivity index (χ1) is 16.0. The molecule has 0 radical (unpaired) electrons. The summed E-state index contributed by atoms with van der Waals surface area (Å²) in [5.41, 5.74) is 3.96. The molecule has 0 fully saturated rings. The van der Waals surface area contributed by atoms with E-state index < -0.39 is 0 Å². The lowest BCUT2D eigenvalue weighted by Gasteiger charge is -2.13. The number of benzene rings is 2. The maximum atomic E-state index is 12.2. The number of aromatic nitrogens is 2. The second-order valence-corrected chi connectivity index (χ2v) is 8.25. The van der Waals surface area contributed by atoms with Crippen molar-refractivity contribution in [1.29, 1.82) is 0 Å². The number of nitrogens with zero attached hydrogens (tertiary/aromatic N) is 3. The lowest BCUT2D eigenvalue weighted by Crippen LogP contribution is -2.38. The summed E-state index contributed by atoms with van der Waals surface area (Å²) in [5.74, 6) is 1.80. The fourth-order valence-corrected chi connectivity index (χ4v) is 3.60. The highest BCUT2D eigenvalue weighted by atomic mass is 127. The van der Waals surface area contributed by atoms with E-state index in [0.717, 1.165) is 55.3 Å². The summed E-state index contributed by atoms with van der Waals surface area (Å²) < 4.78 is 2.26. The van der Waals surface area contributed by atoms with Crippen molar-refractivity contribution in [3.63, 3.8) is 0 Å². The average Bonchev–Trinajstić information content (AvgIpc) is 3.15. The predicted octanol–water partition coefficient (Wildman–Crippen LogP) is 4.64. The highest BCUT2D eigenvalue weighted by Crippen LogP contribution is 2.15. The molecule has 1 atom stereocenters. The third-order valence-corrected chi connectivity index (χ3v) is 5.67. The Kier molecular flexibility index (Phi) is 11.3. The molecule has 7 nitrogen and oxygen atoms in total. The smallest absolute Gasteiger partial charge is 0.251 e. The molecule has 0 saturated heterocycles. The van der Waals surface area contributed by atoms with Gasteiger partial charge in [-0.05, 0) is 63.4 Å². The Morgan fingerprint density at radius 3 is 2.53 bits per heavy atom. The Morgan fingerprint density at radius 2 is 1.82 bits per heavy atom. The summed E-state index contributed by atoms with van der Waals surface area (Å²) in [5, 5.41) is 9.71. The van der Waals surface area contributed by atoms with Gasteiger partial charge in [-0.25, -0.2) is 9.98 Å². The number of nitrogens with one attached hydrogen (secondary N) is 3. The molecule has 1 amide bonds. The number of guanidine groups is 1. The Bertz CT molecular complexity index is 1080. The van der Waals surface area contributed by atoms with E-state index >= 15 is 0 Å². The number of halogens is 1. The van der Waals surface area contributed by atoms with Crippen molar-refractivity contribution < 1.29 is 4.79 Å². The van der Waals surface area contributed by atoms with Crippen LogP contribution in [0.25, 0.3) is 11.0 Å². The second kappa shape index (κ2) is 13.9. The number of amides is 1. The van der Waals surface area contributed by atoms with Crippen LogP contribution in [0.5, 0.6) is 0 Å². The van der Waals surface area contributed by atoms with Crippen molar-refractivity contribution in [2.24, 2.45) is 4.99 Å². The molecule has 3 rings (SSSR count). The quantitative estimate of drug-likeness (QED) is 0.142. The average molecular weight is 577 g/mol. The first kappa shape index (κ1) is 27.6. The number of para-hydroxylation sites is 2. The number of rotatable bonds is 10. The van der Waals surface area contributed by atoms with E-state index in [9.17, 15) is 4.79 Å². The Hall–Kier alpha value is -2.62. The van der Waals surface area contributed by atoms with Gasteiger partial charge >= 0.3 is 0 Å². The van der Waals surface area contributed by atoms with E-state index in [4.69, 9.17) is 4.99 Å². The lowest BCUT2D eigenvalue weighted by molar-refractivity contribution is 0.0939. The molecule has 0 saturated carbocycles. The molecule has 0 spiro atoms. The molecule has 1 unspecified atom stereocenters. The summed E-state index contributed by atoms with van der Waals surface area (Å²) in [7, 11) is 0. The minimum Gasteiger partial charge on any atom is -0.357 e. The van der Waals surface area contributed by atoms with Crippen LogP contribution in [0.1, 0.15) is 55.4 Å². The van der Waals surface area contributed by atoms with Crippen LogP contribution in [0, 0.1) is 6.92 Å². The molecule has 0 aliphatic carbocycles. The predicted molar refractivity (Wildman–Crippen MR) is 151 cm³/mol. The monoisotopic (exact) mass is 576 g/mol. The summed E-state index contributed by atoms with van der Waals surface area (Å²) in [4.78, 5) is 21.6. The molecule has 3 aromatic rings. The van der Waals surface area contributed by atoms with Crippen molar-refractivity contribution in [3.8, 4) is 0 Å². The van der Waals surface area contributed by atoms with E-state index in [0.29, 0.717) is 12.1 Å². The maximum absolute atomic E-state index is 12.2. The van der Waals surface area contributed by atoms with Gasteiger partial charge in [-0.1, -0.05) is 31.2 Å². The number of hydrogen-bond acceptors (Lipinski definition) is 3. The molecule has 8 heteroatoms. The van der Waals surface area contributed by atoms with E-state index in [2.05, 4.69) is 64.5 Å². The largest absolute Gasteiger partial charge is 0.357 e.